The van der Waals surface area contributed by atoms with Crippen molar-refractivity contribution in [2.75, 3.05) is 0 Å². The zero-order chi connectivity index (χ0) is 10.9. The van der Waals surface area contributed by atoms with Crippen LogP contribution in [0.1, 0.15) is 22.3 Å². The van der Waals surface area contributed by atoms with Crippen molar-refractivity contribution in [2.24, 2.45) is 0 Å². The Balaban J connectivity index is 3.44. The summed E-state index contributed by atoms with van der Waals surface area (Å²) in [6.07, 6.45) is -3.07. The molecule has 76 valence electrons. The largest absolute Gasteiger partial charge is 0.478 e. The summed E-state index contributed by atoms with van der Waals surface area (Å²) in [5.74, 6) is -3.00. The van der Waals surface area contributed by atoms with Gasteiger partial charge in [-0.25, -0.2) is 18.0 Å². The van der Waals surface area contributed by atoms with Crippen molar-refractivity contribution in [3.63, 3.8) is 0 Å². The van der Waals surface area contributed by atoms with Gasteiger partial charge in [0.05, 0.1) is 0 Å². The summed E-state index contributed by atoms with van der Waals surface area (Å²) in [5, 5.41) is 8.21. The quantitative estimate of drug-likeness (QED) is 0.838. The van der Waals surface area contributed by atoms with Gasteiger partial charge in [-0.1, -0.05) is 11.6 Å². The van der Waals surface area contributed by atoms with Crippen molar-refractivity contribution in [1.82, 2.24) is 0 Å². The van der Waals surface area contributed by atoms with E-state index in [0.717, 1.165) is 6.07 Å². The van der Waals surface area contributed by atoms with E-state index in [1.165, 1.54) is 0 Å². The standard InChI is InChI=1S/C8H4ClF3O2/c9-3-1-4(7(11)12)6(8(13)14)5(10)2-3/h1-2,7H,(H,13,14). The summed E-state index contributed by atoms with van der Waals surface area (Å²) >= 11 is 5.30. The van der Waals surface area contributed by atoms with Crippen LogP contribution in [-0.2, 0) is 0 Å². The number of halogens is 4. The molecule has 0 radical (unpaired) electrons. The van der Waals surface area contributed by atoms with E-state index < -0.39 is 29.3 Å². The number of benzene rings is 1. The molecule has 0 amide bonds. The first-order chi connectivity index (χ1) is 6.43. The second kappa shape index (κ2) is 3.88. The molecule has 0 aromatic heterocycles. The summed E-state index contributed by atoms with van der Waals surface area (Å²) in [6.45, 7) is 0. The van der Waals surface area contributed by atoms with Gasteiger partial charge in [0.15, 0.2) is 0 Å². The molecule has 0 bridgehead atoms. The third kappa shape index (κ3) is 1.98. The minimum absolute atomic E-state index is 0.261. The highest BCUT2D eigenvalue weighted by Gasteiger charge is 2.22. The van der Waals surface area contributed by atoms with E-state index in [1.807, 2.05) is 0 Å². The third-order valence-electron chi connectivity index (χ3n) is 1.53. The maximum atomic E-state index is 12.9. The predicted molar refractivity (Wildman–Crippen MR) is 43.3 cm³/mol. The monoisotopic (exact) mass is 224 g/mol. The Morgan fingerprint density at radius 1 is 1.43 bits per heavy atom. The van der Waals surface area contributed by atoms with E-state index in [-0.39, 0.29) is 5.02 Å². The molecule has 0 spiro atoms. The first-order valence-electron chi connectivity index (χ1n) is 3.44. The van der Waals surface area contributed by atoms with Crippen molar-refractivity contribution < 1.29 is 23.1 Å². The minimum Gasteiger partial charge on any atom is -0.478 e. The number of carboxylic acid groups (broad SMARTS) is 1. The fraction of sp³-hybridized carbons (Fsp3) is 0.125. The fourth-order valence-electron chi connectivity index (χ4n) is 0.991. The Kier molecular flexibility index (Phi) is 3.00. The van der Waals surface area contributed by atoms with Crippen LogP contribution in [0.2, 0.25) is 5.02 Å². The van der Waals surface area contributed by atoms with Gasteiger partial charge in [-0.3, -0.25) is 0 Å². The molecule has 0 aliphatic heterocycles. The molecule has 1 rings (SSSR count). The molecule has 14 heavy (non-hydrogen) atoms. The van der Waals surface area contributed by atoms with Crippen LogP contribution in [0, 0.1) is 5.82 Å². The third-order valence-corrected chi connectivity index (χ3v) is 1.75. The highest BCUT2D eigenvalue weighted by molar-refractivity contribution is 6.30. The van der Waals surface area contributed by atoms with E-state index in [1.54, 1.807) is 0 Å². The number of aromatic carboxylic acids is 1. The predicted octanol–water partition coefficient (Wildman–Crippen LogP) is 3.11. The fourth-order valence-corrected chi connectivity index (χ4v) is 1.20. The van der Waals surface area contributed by atoms with Crippen molar-refractivity contribution in [1.29, 1.82) is 0 Å². The van der Waals surface area contributed by atoms with Gasteiger partial charge in [-0.15, -0.1) is 0 Å². The van der Waals surface area contributed by atoms with Crippen molar-refractivity contribution in [2.45, 2.75) is 6.43 Å². The molecule has 0 unspecified atom stereocenters. The summed E-state index contributed by atoms with van der Waals surface area (Å²) in [6, 6.07) is 1.41. The molecule has 0 saturated heterocycles. The Hall–Kier alpha value is -1.23. The van der Waals surface area contributed by atoms with Gasteiger partial charge >= 0.3 is 5.97 Å². The van der Waals surface area contributed by atoms with Gasteiger partial charge in [0.2, 0.25) is 0 Å². The summed E-state index contributed by atoms with van der Waals surface area (Å²) < 4.78 is 37.4. The van der Waals surface area contributed by atoms with Crippen LogP contribution in [-0.4, -0.2) is 11.1 Å². The number of carbonyl (C=O) groups is 1. The lowest BCUT2D eigenvalue weighted by Gasteiger charge is -2.06. The Morgan fingerprint density at radius 3 is 2.43 bits per heavy atom. The van der Waals surface area contributed by atoms with E-state index in [4.69, 9.17) is 16.7 Å². The van der Waals surface area contributed by atoms with Crippen LogP contribution in [0.5, 0.6) is 0 Å². The summed E-state index contributed by atoms with van der Waals surface area (Å²) in [5.41, 5.74) is -1.95. The van der Waals surface area contributed by atoms with Crippen molar-refractivity contribution in [3.05, 3.63) is 34.1 Å². The minimum atomic E-state index is -3.07. The maximum absolute atomic E-state index is 12.9. The van der Waals surface area contributed by atoms with Gasteiger partial charge in [0.1, 0.15) is 11.4 Å². The average Bonchev–Trinajstić information content (AvgIpc) is 2.01. The zero-order valence-corrected chi connectivity index (χ0v) is 7.36. The molecule has 1 N–H and O–H groups in total. The highest BCUT2D eigenvalue weighted by atomic mass is 35.5. The molecule has 2 nitrogen and oxygen atoms in total. The lowest BCUT2D eigenvalue weighted by atomic mass is 10.1. The molecule has 0 fully saturated rings. The molecule has 0 aliphatic rings. The Bertz CT molecular complexity index is 379. The van der Waals surface area contributed by atoms with E-state index in [0.29, 0.717) is 6.07 Å². The number of alkyl halides is 2. The molecular weight excluding hydrogens is 221 g/mol. The SMILES string of the molecule is O=C(O)c1c(F)cc(Cl)cc1C(F)F. The highest BCUT2D eigenvalue weighted by Crippen LogP contribution is 2.28. The summed E-state index contributed by atoms with van der Waals surface area (Å²) in [4.78, 5) is 10.4. The smallest absolute Gasteiger partial charge is 0.339 e. The van der Waals surface area contributed by atoms with Crippen LogP contribution < -0.4 is 0 Å². The van der Waals surface area contributed by atoms with Gasteiger partial charge in [0.25, 0.3) is 6.43 Å². The van der Waals surface area contributed by atoms with Crippen LogP contribution >= 0.6 is 11.6 Å². The molecule has 0 heterocycles. The Morgan fingerprint density at radius 2 is 2.00 bits per heavy atom. The lowest BCUT2D eigenvalue weighted by Crippen LogP contribution is -2.06. The van der Waals surface area contributed by atoms with Gasteiger partial charge in [-0.2, -0.15) is 0 Å². The first kappa shape index (κ1) is 10.8. The van der Waals surface area contributed by atoms with E-state index in [9.17, 15) is 18.0 Å². The normalized spacial score (nSPS) is 10.6. The number of hydrogen-bond donors (Lipinski definition) is 1. The van der Waals surface area contributed by atoms with E-state index in [2.05, 4.69) is 0 Å². The van der Waals surface area contributed by atoms with Crippen LogP contribution in [0.25, 0.3) is 0 Å². The molecular formula is C8H4ClF3O2. The summed E-state index contributed by atoms with van der Waals surface area (Å²) in [7, 11) is 0. The zero-order valence-electron chi connectivity index (χ0n) is 6.60. The topological polar surface area (TPSA) is 37.3 Å². The van der Waals surface area contributed by atoms with Crippen molar-refractivity contribution >= 4 is 17.6 Å². The second-order valence-corrected chi connectivity index (χ2v) is 2.89. The molecule has 6 heteroatoms. The first-order valence-corrected chi connectivity index (χ1v) is 3.81. The molecule has 0 atom stereocenters. The Labute approximate surface area is 81.9 Å². The maximum Gasteiger partial charge on any atom is 0.339 e. The van der Waals surface area contributed by atoms with E-state index >= 15 is 0 Å². The van der Waals surface area contributed by atoms with Gasteiger partial charge < -0.3 is 5.11 Å². The lowest BCUT2D eigenvalue weighted by molar-refractivity contribution is 0.0678. The number of carboxylic acids is 1. The second-order valence-electron chi connectivity index (χ2n) is 2.46. The van der Waals surface area contributed by atoms with Crippen LogP contribution in [0.15, 0.2) is 12.1 Å². The van der Waals surface area contributed by atoms with Crippen LogP contribution in [0.3, 0.4) is 0 Å². The average molecular weight is 225 g/mol. The van der Waals surface area contributed by atoms with Gasteiger partial charge in [-0.05, 0) is 12.1 Å². The van der Waals surface area contributed by atoms with Crippen LogP contribution in [0.4, 0.5) is 13.2 Å². The molecule has 1 aromatic rings. The number of rotatable bonds is 2. The van der Waals surface area contributed by atoms with Gasteiger partial charge in [0, 0.05) is 10.6 Å². The number of hydrogen-bond acceptors (Lipinski definition) is 1. The molecule has 0 saturated carbocycles. The molecule has 1 aromatic carbocycles. The molecule has 0 aliphatic carbocycles. The van der Waals surface area contributed by atoms with Crippen molar-refractivity contribution in [3.8, 4) is 0 Å².